The zero-order valence-electron chi connectivity index (χ0n) is 15.0. The number of carbonyl (C=O) groups excluding carboxylic acids is 1. The number of nitrogens with one attached hydrogen (secondary N) is 1. The molecular formula is C18H25N3O5. The zero-order valence-corrected chi connectivity index (χ0v) is 15.0. The number of hydrogen-bond acceptors (Lipinski definition) is 6. The van der Waals surface area contributed by atoms with E-state index in [4.69, 9.17) is 9.47 Å². The molecule has 1 amide bonds. The highest BCUT2D eigenvalue weighted by molar-refractivity contribution is 5.77. The van der Waals surface area contributed by atoms with Gasteiger partial charge >= 0.3 is 5.69 Å². The highest BCUT2D eigenvalue weighted by Crippen LogP contribution is 2.31. The van der Waals surface area contributed by atoms with E-state index in [1.54, 1.807) is 0 Å². The summed E-state index contributed by atoms with van der Waals surface area (Å²) in [6.45, 7) is 2.48. The number of piperidine rings is 1. The predicted molar refractivity (Wildman–Crippen MR) is 95.5 cm³/mol. The topological polar surface area (TPSA) is 93.9 Å². The van der Waals surface area contributed by atoms with E-state index in [9.17, 15) is 14.9 Å². The van der Waals surface area contributed by atoms with Crippen molar-refractivity contribution in [2.75, 3.05) is 33.4 Å². The maximum absolute atomic E-state index is 12.3. The number of amides is 1. The normalized spacial score (nSPS) is 17.8. The molecule has 0 spiro atoms. The quantitative estimate of drug-likeness (QED) is 0.561. The van der Waals surface area contributed by atoms with Gasteiger partial charge in [-0.1, -0.05) is 0 Å². The second-order valence-electron chi connectivity index (χ2n) is 6.89. The molecule has 1 heterocycles. The molecule has 8 nitrogen and oxygen atoms in total. The van der Waals surface area contributed by atoms with Crippen LogP contribution < -0.4 is 14.8 Å². The van der Waals surface area contributed by atoms with E-state index in [0.29, 0.717) is 11.8 Å². The number of hydrogen-bond donors (Lipinski definition) is 1. The van der Waals surface area contributed by atoms with Gasteiger partial charge in [-0.25, -0.2) is 0 Å². The molecule has 0 radical (unpaired) electrons. The summed E-state index contributed by atoms with van der Waals surface area (Å²) in [5, 5.41) is 14.5. The van der Waals surface area contributed by atoms with Crippen LogP contribution in [-0.2, 0) is 4.79 Å². The Morgan fingerprint density at radius 1 is 1.31 bits per heavy atom. The Hall–Kier alpha value is -2.35. The van der Waals surface area contributed by atoms with Gasteiger partial charge in [0.05, 0.1) is 12.0 Å². The average Bonchev–Trinajstić information content (AvgIpc) is 3.49. The number of nitro groups is 1. The summed E-state index contributed by atoms with van der Waals surface area (Å²) in [6, 6.07) is 4.72. The van der Waals surface area contributed by atoms with Crippen LogP contribution in [0.15, 0.2) is 18.2 Å². The van der Waals surface area contributed by atoms with E-state index in [0.717, 1.165) is 38.4 Å². The fourth-order valence-electron chi connectivity index (χ4n) is 3.12. The number of rotatable bonds is 8. The van der Waals surface area contributed by atoms with E-state index in [1.165, 1.54) is 38.2 Å². The Labute approximate surface area is 152 Å². The Kier molecular flexibility index (Phi) is 5.92. The van der Waals surface area contributed by atoms with Crippen LogP contribution in [0.1, 0.15) is 25.7 Å². The van der Waals surface area contributed by atoms with Gasteiger partial charge in [0, 0.05) is 31.3 Å². The highest BCUT2D eigenvalue weighted by Gasteiger charge is 2.26. The second-order valence-corrected chi connectivity index (χ2v) is 6.89. The first-order valence-corrected chi connectivity index (χ1v) is 9.03. The van der Waals surface area contributed by atoms with E-state index >= 15 is 0 Å². The van der Waals surface area contributed by atoms with Gasteiger partial charge in [0.2, 0.25) is 5.75 Å². The minimum Gasteiger partial charge on any atom is -0.490 e. The zero-order chi connectivity index (χ0) is 18.5. The lowest BCUT2D eigenvalue weighted by Gasteiger charge is -2.32. The number of benzene rings is 1. The van der Waals surface area contributed by atoms with Gasteiger partial charge in [-0.3, -0.25) is 14.9 Å². The molecule has 1 N–H and O–H groups in total. The molecule has 1 aromatic carbocycles. The van der Waals surface area contributed by atoms with Crippen LogP contribution in [0.2, 0.25) is 0 Å². The Bertz CT molecular complexity index is 654. The van der Waals surface area contributed by atoms with Crippen molar-refractivity contribution in [3.63, 3.8) is 0 Å². The van der Waals surface area contributed by atoms with E-state index in [-0.39, 0.29) is 24.0 Å². The molecule has 26 heavy (non-hydrogen) atoms. The van der Waals surface area contributed by atoms with Crippen molar-refractivity contribution in [1.82, 2.24) is 10.2 Å². The van der Waals surface area contributed by atoms with Crippen LogP contribution in [0.5, 0.6) is 11.5 Å². The molecule has 1 aliphatic heterocycles. The molecule has 1 saturated carbocycles. The van der Waals surface area contributed by atoms with E-state index in [1.807, 2.05) is 4.90 Å². The first-order valence-electron chi connectivity index (χ1n) is 9.03. The van der Waals surface area contributed by atoms with Gasteiger partial charge < -0.3 is 19.7 Å². The van der Waals surface area contributed by atoms with Gasteiger partial charge in [-0.15, -0.1) is 0 Å². The summed E-state index contributed by atoms with van der Waals surface area (Å²) >= 11 is 0. The molecule has 2 aliphatic rings. The Balaban J connectivity index is 1.44. The lowest BCUT2D eigenvalue weighted by molar-refractivity contribution is -0.385. The molecule has 0 unspecified atom stereocenters. The van der Waals surface area contributed by atoms with Crippen molar-refractivity contribution >= 4 is 11.6 Å². The van der Waals surface area contributed by atoms with E-state index < -0.39 is 4.92 Å². The fourth-order valence-corrected chi connectivity index (χ4v) is 3.12. The number of likely N-dealkylation sites (tertiary alicyclic amines) is 1. The Morgan fingerprint density at radius 3 is 2.65 bits per heavy atom. The number of carbonyl (C=O) groups is 1. The number of methoxy groups -OCH3 is 1. The first-order chi connectivity index (χ1) is 12.6. The average molecular weight is 363 g/mol. The monoisotopic (exact) mass is 363 g/mol. The van der Waals surface area contributed by atoms with Crippen LogP contribution in [-0.4, -0.2) is 55.1 Å². The summed E-state index contributed by atoms with van der Waals surface area (Å²) in [5.74, 6) is 1.29. The summed E-state index contributed by atoms with van der Waals surface area (Å²) in [6.07, 6.45) is 4.61. The van der Waals surface area contributed by atoms with Gasteiger partial charge in [0.15, 0.2) is 6.61 Å². The van der Waals surface area contributed by atoms with Gasteiger partial charge in [-0.2, -0.15) is 0 Å². The fraction of sp³-hybridized carbons (Fsp3) is 0.611. The van der Waals surface area contributed by atoms with E-state index in [2.05, 4.69) is 5.32 Å². The lowest BCUT2D eigenvalue weighted by atomic mass is 10.0. The van der Waals surface area contributed by atoms with Crippen molar-refractivity contribution in [3.8, 4) is 11.5 Å². The molecule has 1 saturated heterocycles. The van der Waals surface area contributed by atoms with Gasteiger partial charge in [0.1, 0.15) is 5.75 Å². The molecule has 0 bridgehead atoms. The van der Waals surface area contributed by atoms with Crippen LogP contribution in [0.4, 0.5) is 5.69 Å². The molecular weight excluding hydrogens is 338 g/mol. The third-order valence-electron chi connectivity index (χ3n) is 4.95. The van der Waals surface area contributed by atoms with Crippen molar-refractivity contribution in [2.24, 2.45) is 5.92 Å². The maximum Gasteiger partial charge on any atom is 0.311 e. The minimum atomic E-state index is -0.519. The standard InChI is InChI=1S/C18H25N3O5/c1-25-17-10-15(4-5-16(17)21(23)24)26-12-18(22)20-8-6-14(7-9-20)19-11-13-2-3-13/h4-5,10,13-14,19H,2-3,6-9,11-12H2,1H3. The predicted octanol–water partition coefficient (Wildman–Crippen LogP) is 1.97. The van der Waals surface area contributed by atoms with Gasteiger partial charge in [-0.05, 0) is 44.2 Å². The minimum absolute atomic E-state index is 0.0667. The molecule has 1 aliphatic carbocycles. The molecule has 8 heteroatoms. The van der Waals surface area contributed by atoms with Crippen molar-refractivity contribution in [3.05, 3.63) is 28.3 Å². The molecule has 0 atom stereocenters. The lowest BCUT2D eigenvalue weighted by Crippen LogP contribution is -2.46. The molecule has 142 valence electrons. The third-order valence-corrected chi connectivity index (χ3v) is 4.95. The SMILES string of the molecule is COc1cc(OCC(=O)N2CCC(NCC3CC3)CC2)ccc1[N+](=O)[O-]. The summed E-state index contributed by atoms with van der Waals surface area (Å²) < 4.78 is 10.5. The van der Waals surface area contributed by atoms with Crippen LogP contribution in [0, 0.1) is 16.0 Å². The van der Waals surface area contributed by atoms with Crippen molar-refractivity contribution in [2.45, 2.75) is 31.7 Å². The maximum atomic E-state index is 12.3. The van der Waals surface area contributed by atoms with Crippen molar-refractivity contribution in [1.29, 1.82) is 0 Å². The summed E-state index contributed by atoms with van der Waals surface area (Å²) in [7, 11) is 1.36. The third kappa shape index (κ3) is 4.85. The Morgan fingerprint density at radius 2 is 2.04 bits per heavy atom. The van der Waals surface area contributed by atoms with Crippen LogP contribution in [0.3, 0.4) is 0 Å². The van der Waals surface area contributed by atoms with Crippen LogP contribution >= 0.6 is 0 Å². The number of ether oxygens (including phenoxy) is 2. The highest BCUT2D eigenvalue weighted by atomic mass is 16.6. The summed E-state index contributed by atoms with van der Waals surface area (Å²) in [5.41, 5.74) is -0.132. The molecule has 0 aromatic heterocycles. The number of nitro benzene ring substituents is 1. The van der Waals surface area contributed by atoms with Crippen molar-refractivity contribution < 1.29 is 19.2 Å². The number of nitrogens with zero attached hydrogens (tertiary/aromatic N) is 2. The molecule has 2 fully saturated rings. The molecule has 1 aromatic rings. The first kappa shape index (κ1) is 18.4. The molecule has 3 rings (SSSR count). The summed E-state index contributed by atoms with van der Waals surface area (Å²) in [4.78, 5) is 24.5. The van der Waals surface area contributed by atoms with Gasteiger partial charge in [0.25, 0.3) is 5.91 Å². The largest absolute Gasteiger partial charge is 0.490 e. The van der Waals surface area contributed by atoms with Crippen LogP contribution in [0.25, 0.3) is 0 Å². The smallest absolute Gasteiger partial charge is 0.311 e. The second kappa shape index (κ2) is 8.35.